The van der Waals surface area contributed by atoms with Gasteiger partial charge in [0.15, 0.2) is 0 Å². The Morgan fingerprint density at radius 3 is 2.47 bits per heavy atom. The van der Waals surface area contributed by atoms with Crippen LogP contribution in [-0.2, 0) is 9.53 Å². The molecule has 1 unspecified atom stereocenters. The molecule has 192 valence electrons. The summed E-state index contributed by atoms with van der Waals surface area (Å²) in [5.41, 5.74) is 2.39. The number of amides is 1. The van der Waals surface area contributed by atoms with Crippen LogP contribution in [0.3, 0.4) is 0 Å². The summed E-state index contributed by atoms with van der Waals surface area (Å²) < 4.78 is 26.5. The lowest BCUT2D eigenvalue weighted by Crippen LogP contribution is -2.26. The molecule has 38 heavy (non-hydrogen) atoms. The van der Waals surface area contributed by atoms with Gasteiger partial charge in [0, 0.05) is 10.9 Å². The van der Waals surface area contributed by atoms with Gasteiger partial charge in [0.2, 0.25) is 6.10 Å². The number of para-hydroxylation sites is 2. The highest BCUT2D eigenvalue weighted by molar-refractivity contribution is 7.20. The molecule has 0 aliphatic heterocycles. The van der Waals surface area contributed by atoms with Crippen molar-refractivity contribution in [3.05, 3.63) is 107 Å². The zero-order valence-electron chi connectivity index (χ0n) is 20.7. The van der Waals surface area contributed by atoms with Crippen LogP contribution >= 0.6 is 11.3 Å². The normalized spacial score (nSPS) is 11.8. The third kappa shape index (κ3) is 5.14. The smallest absolute Gasteiger partial charge is 0.349 e. The van der Waals surface area contributed by atoms with Crippen LogP contribution in [-0.4, -0.2) is 28.3 Å². The van der Waals surface area contributed by atoms with Crippen molar-refractivity contribution in [3.8, 4) is 11.4 Å². The van der Waals surface area contributed by atoms with Gasteiger partial charge in [0.1, 0.15) is 21.3 Å². The van der Waals surface area contributed by atoms with Crippen LogP contribution in [0.5, 0.6) is 5.75 Å². The molecule has 1 atom stereocenters. The SMILES string of the molecule is CCOc1ccccc1NC(=O)C(OC(=O)c1cc2c(C)nn(-c3ccc(F)cc3)c2s1)c1ccccc1. The number of nitrogens with one attached hydrogen (secondary N) is 1. The van der Waals surface area contributed by atoms with Crippen molar-refractivity contribution < 1.29 is 23.5 Å². The zero-order valence-corrected chi connectivity index (χ0v) is 21.5. The molecular weight excluding hydrogens is 505 g/mol. The van der Waals surface area contributed by atoms with Gasteiger partial charge < -0.3 is 14.8 Å². The molecule has 1 N–H and O–H groups in total. The number of nitrogens with zero attached hydrogens (tertiary/aromatic N) is 2. The Morgan fingerprint density at radius 2 is 1.74 bits per heavy atom. The van der Waals surface area contributed by atoms with Crippen molar-refractivity contribution in [1.82, 2.24) is 9.78 Å². The van der Waals surface area contributed by atoms with Crippen LogP contribution in [0.4, 0.5) is 10.1 Å². The van der Waals surface area contributed by atoms with E-state index in [1.165, 1.54) is 23.5 Å². The van der Waals surface area contributed by atoms with Crippen LogP contribution in [0, 0.1) is 12.7 Å². The van der Waals surface area contributed by atoms with Gasteiger partial charge in [0.05, 0.1) is 23.7 Å². The maximum atomic E-state index is 13.4. The molecule has 5 rings (SSSR count). The fraction of sp³-hybridized carbons (Fsp3) is 0.138. The van der Waals surface area contributed by atoms with E-state index in [0.29, 0.717) is 44.7 Å². The lowest BCUT2D eigenvalue weighted by atomic mass is 10.1. The van der Waals surface area contributed by atoms with Crippen LogP contribution in [0.25, 0.3) is 15.9 Å². The van der Waals surface area contributed by atoms with Crippen molar-refractivity contribution in [2.24, 2.45) is 0 Å². The summed E-state index contributed by atoms with van der Waals surface area (Å²) in [5, 5.41) is 8.14. The number of anilines is 1. The standard InChI is InChI=1S/C29H24FN3O4S/c1-3-36-24-12-8-7-11-23(24)31-27(34)26(19-9-5-4-6-10-19)37-29(35)25-17-22-18(2)32-33(28(22)38-25)21-15-13-20(30)14-16-21/h4-17,26H,3H2,1-2H3,(H,31,34). The molecular formula is C29H24FN3O4S. The predicted molar refractivity (Wildman–Crippen MR) is 144 cm³/mol. The largest absolute Gasteiger partial charge is 0.492 e. The van der Waals surface area contributed by atoms with Crippen LogP contribution in [0.2, 0.25) is 0 Å². The van der Waals surface area contributed by atoms with Gasteiger partial charge in [0.25, 0.3) is 5.91 Å². The van der Waals surface area contributed by atoms with Crippen LogP contribution in [0.1, 0.15) is 34.0 Å². The van der Waals surface area contributed by atoms with E-state index in [4.69, 9.17) is 9.47 Å². The molecule has 0 bridgehead atoms. The average molecular weight is 530 g/mol. The van der Waals surface area contributed by atoms with Gasteiger partial charge in [-0.25, -0.2) is 13.9 Å². The minimum atomic E-state index is -1.20. The molecule has 0 aliphatic rings. The van der Waals surface area contributed by atoms with Crippen LogP contribution < -0.4 is 10.1 Å². The fourth-order valence-electron chi connectivity index (χ4n) is 4.02. The number of ether oxygens (including phenoxy) is 2. The molecule has 1 amide bonds. The summed E-state index contributed by atoms with van der Waals surface area (Å²) in [4.78, 5) is 27.8. The number of halogens is 1. The highest BCUT2D eigenvalue weighted by Gasteiger charge is 2.28. The van der Waals surface area contributed by atoms with Gasteiger partial charge in [-0.15, -0.1) is 11.3 Å². The Balaban J connectivity index is 1.44. The summed E-state index contributed by atoms with van der Waals surface area (Å²) in [6.45, 7) is 4.13. The lowest BCUT2D eigenvalue weighted by molar-refractivity contribution is -0.125. The number of benzene rings is 3. The van der Waals surface area contributed by atoms with Gasteiger partial charge in [-0.2, -0.15) is 5.10 Å². The minimum Gasteiger partial charge on any atom is -0.492 e. The van der Waals surface area contributed by atoms with Crippen LogP contribution in [0.15, 0.2) is 84.9 Å². The monoisotopic (exact) mass is 529 g/mol. The molecule has 0 saturated carbocycles. The van der Waals surface area contributed by atoms with E-state index in [1.807, 2.05) is 26.0 Å². The van der Waals surface area contributed by atoms with E-state index >= 15 is 0 Å². The number of aryl methyl sites for hydroxylation is 1. The Bertz CT molecular complexity index is 1600. The van der Waals surface area contributed by atoms with Crippen molar-refractivity contribution in [2.75, 3.05) is 11.9 Å². The highest BCUT2D eigenvalue weighted by atomic mass is 32.1. The quantitative estimate of drug-likeness (QED) is 0.233. The Morgan fingerprint density at radius 1 is 1.03 bits per heavy atom. The topological polar surface area (TPSA) is 82.4 Å². The first-order chi connectivity index (χ1) is 18.4. The first kappa shape index (κ1) is 25.2. The molecule has 0 fully saturated rings. The van der Waals surface area contributed by atoms with E-state index in [2.05, 4.69) is 10.4 Å². The second-order valence-corrected chi connectivity index (χ2v) is 9.45. The number of fused-ring (bicyclic) bond motifs is 1. The minimum absolute atomic E-state index is 0.319. The van der Waals surface area contributed by atoms with E-state index in [-0.39, 0.29) is 5.82 Å². The number of thiophene rings is 1. The maximum Gasteiger partial charge on any atom is 0.349 e. The van der Waals surface area contributed by atoms with E-state index in [9.17, 15) is 14.0 Å². The number of carbonyl (C=O) groups is 2. The highest BCUT2D eigenvalue weighted by Crippen LogP contribution is 2.33. The number of esters is 1. The molecule has 7 nitrogen and oxygen atoms in total. The summed E-state index contributed by atoms with van der Waals surface area (Å²) in [7, 11) is 0. The molecule has 0 aliphatic carbocycles. The lowest BCUT2D eigenvalue weighted by Gasteiger charge is -2.19. The maximum absolute atomic E-state index is 13.4. The average Bonchev–Trinajstić information content (AvgIpc) is 3.50. The van der Waals surface area contributed by atoms with E-state index < -0.39 is 18.0 Å². The molecule has 9 heteroatoms. The van der Waals surface area contributed by atoms with Crippen molar-refractivity contribution in [1.29, 1.82) is 0 Å². The third-order valence-corrected chi connectivity index (χ3v) is 6.92. The number of aromatic nitrogens is 2. The van der Waals surface area contributed by atoms with E-state index in [1.54, 1.807) is 65.3 Å². The van der Waals surface area contributed by atoms with Crippen molar-refractivity contribution in [2.45, 2.75) is 20.0 Å². The number of hydrogen-bond acceptors (Lipinski definition) is 6. The molecule has 2 heterocycles. The Kier molecular flexibility index (Phi) is 7.19. The van der Waals surface area contributed by atoms with Crippen molar-refractivity contribution >= 4 is 39.1 Å². The number of carbonyl (C=O) groups excluding carboxylic acids is 2. The van der Waals surface area contributed by atoms with Gasteiger partial charge >= 0.3 is 5.97 Å². The molecule has 0 spiro atoms. The number of rotatable bonds is 8. The molecule has 0 radical (unpaired) electrons. The predicted octanol–water partition coefficient (Wildman–Crippen LogP) is 6.47. The molecule has 0 saturated heterocycles. The van der Waals surface area contributed by atoms with Crippen molar-refractivity contribution in [3.63, 3.8) is 0 Å². The molecule has 5 aromatic rings. The number of hydrogen-bond donors (Lipinski definition) is 1. The van der Waals surface area contributed by atoms with Gasteiger partial charge in [-0.05, 0) is 56.3 Å². The first-order valence-corrected chi connectivity index (χ1v) is 12.8. The summed E-state index contributed by atoms with van der Waals surface area (Å²) >= 11 is 1.19. The second kappa shape index (κ2) is 10.9. The second-order valence-electron chi connectivity index (χ2n) is 8.42. The van der Waals surface area contributed by atoms with Gasteiger partial charge in [-0.1, -0.05) is 42.5 Å². The first-order valence-electron chi connectivity index (χ1n) is 12.0. The Labute approximate surface area is 222 Å². The molecule has 3 aromatic carbocycles. The van der Waals surface area contributed by atoms with Gasteiger partial charge in [-0.3, -0.25) is 4.79 Å². The third-order valence-electron chi connectivity index (χ3n) is 5.83. The summed E-state index contributed by atoms with van der Waals surface area (Å²) in [5.74, 6) is -0.977. The fourth-order valence-corrected chi connectivity index (χ4v) is 5.09. The zero-order chi connectivity index (χ0) is 26.6. The summed E-state index contributed by atoms with van der Waals surface area (Å²) in [6.07, 6.45) is -1.20. The van der Waals surface area contributed by atoms with E-state index in [0.717, 1.165) is 5.39 Å². The molecule has 2 aromatic heterocycles. The summed E-state index contributed by atoms with van der Waals surface area (Å²) in [6, 6.07) is 23.6. The Hall–Kier alpha value is -4.50.